The molecule has 2 amide bonds. The molecule has 2 N–H and O–H groups in total. The summed E-state index contributed by atoms with van der Waals surface area (Å²) in [5, 5.41) is 9.21. The van der Waals surface area contributed by atoms with Gasteiger partial charge in [0.15, 0.2) is 0 Å². The molecule has 1 fully saturated rings. The number of benzene rings is 3. The van der Waals surface area contributed by atoms with Gasteiger partial charge in [-0.2, -0.15) is 13.9 Å². The lowest BCUT2D eigenvalue weighted by atomic mass is 9.96. The summed E-state index contributed by atoms with van der Waals surface area (Å²) >= 11 is 0. The highest BCUT2D eigenvalue weighted by Crippen LogP contribution is 2.68. The van der Waals surface area contributed by atoms with Crippen molar-refractivity contribution < 1.29 is 35.9 Å². The van der Waals surface area contributed by atoms with Gasteiger partial charge in [-0.05, 0) is 60.2 Å². The summed E-state index contributed by atoms with van der Waals surface area (Å²) in [5.74, 6) is -8.18. The Morgan fingerprint density at radius 3 is 2.46 bits per heavy atom. The van der Waals surface area contributed by atoms with Crippen LogP contribution in [0.1, 0.15) is 68.9 Å². The number of alkyl halides is 4. The molecule has 5 aromatic rings. The maximum Gasteiger partial charge on any atom is 0.293 e. The minimum Gasteiger partial charge on any atom is -0.348 e. The van der Waals surface area contributed by atoms with Crippen LogP contribution >= 0.6 is 0 Å². The zero-order chi connectivity index (χ0) is 33.5. The molecule has 1 saturated carbocycles. The van der Waals surface area contributed by atoms with Crippen LogP contribution in [0.5, 0.6) is 0 Å². The fourth-order valence-corrected chi connectivity index (χ4v) is 6.96. The minimum absolute atomic E-state index is 0.0671. The summed E-state index contributed by atoms with van der Waals surface area (Å²) in [6.07, 6.45) is -3.26. The average molecular weight is 663 g/mol. The van der Waals surface area contributed by atoms with Gasteiger partial charge in [-0.15, -0.1) is 0 Å². The van der Waals surface area contributed by atoms with E-state index in [2.05, 4.69) is 15.7 Å². The maximum atomic E-state index is 15.2. The molecule has 48 heavy (non-hydrogen) atoms. The zero-order valence-corrected chi connectivity index (χ0v) is 24.8. The Balaban J connectivity index is 1.22. The van der Waals surface area contributed by atoms with Gasteiger partial charge in [-0.3, -0.25) is 14.3 Å². The summed E-state index contributed by atoms with van der Waals surface area (Å²) in [4.78, 5) is 35.7. The predicted octanol–water partition coefficient (Wildman–Crippen LogP) is 6.26. The molecule has 3 atom stereocenters. The van der Waals surface area contributed by atoms with E-state index in [0.29, 0.717) is 39.5 Å². The van der Waals surface area contributed by atoms with Crippen LogP contribution in [0.3, 0.4) is 0 Å². The standard InChI is InChI=1S/C34H24F6N6O2/c35-18-7-15(8-19(36)11-18)9-25(42-26(47)14-46-31-27(30(45-46)32(37)38)21-12-22(21)34(31,39)40)29-28(43-23-3-1-2-4-24(23)44-29)16-5-6-17-13-41-33(48)20(17)10-16/h1-8,10-11,21-22,25,32H,9,12-14H2,(H,41,48)(H,42,47)/t21-,22+,25?/m0/s1. The van der Waals surface area contributed by atoms with Crippen LogP contribution in [0.2, 0.25) is 0 Å². The summed E-state index contributed by atoms with van der Waals surface area (Å²) in [7, 11) is 0. The fraction of sp³-hybridized carbons (Fsp3) is 0.265. The number of carbonyl (C=O) groups is 2. The first-order chi connectivity index (χ1) is 23.0. The van der Waals surface area contributed by atoms with Gasteiger partial charge in [0.25, 0.3) is 18.3 Å². The second-order valence-electron chi connectivity index (χ2n) is 12.3. The van der Waals surface area contributed by atoms with Crippen LogP contribution in [0, 0.1) is 17.6 Å². The molecule has 1 aliphatic heterocycles. The second kappa shape index (κ2) is 10.9. The lowest BCUT2D eigenvalue weighted by Gasteiger charge is -2.22. The van der Waals surface area contributed by atoms with Crippen molar-refractivity contribution in [1.82, 2.24) is 30.4 Å². The summed E-state index contributed by atoms with van der Waals surface area (Å²) in [6, 6.07) is 13.7. The number of para-hydroxylation sites is 2. The quantitative estimate of drug-likeness (QED) is 0.191. The highest BCUT2D eigenvalue weighted by Gasteiger charge is 2.67. The van der Waals surface area contributed by atoms with Gasteiger partial charge < -0.3 is 10.6 Å². The van der Waals surface area contributed by atoms with E-state index in [4.69, 9.17) is 9.97 Å². The van der Waals surface area contributed by atoms with E-state index < -0.39 is 65.7 Å². The highest BCUT2D eigenvalue weighted by atomic mass is 19.3. The molecule has 3 heterocycles. The number of hydrogen-bond acceptors (Lipinski definition) is 5. The Labute approximate surface area is 268 Å². The number of halogens is 6. The van der Waals surface area contributed by atoms with E-state index in [0.717, 1.165) is 17.7 Å². The SMILES string of the molecule is O=C(Cn1nc(C(F)F)c2c1C(F)(F)[C@@H]1C[C@H]21)NC(Cc1cc(F)cc(F)c1)c1nc2ccccc2nc1-c1ccc2c(c1)C(=O)NC2. The van der Waals surface area contributed by atoms with Crippen LogP contribution in [0.15, 0.2) is 60.7 Å². The monoisotopic (exact) mass is 662 g/mol. The number of aromatic nitrogens is 4. The molecule has 0 bridgehead atoms. The van der Waals surface area contributed by atoms with Gasteiger partial charge in [0.05, 0.1) is 28.5 Å². The Bertz CT molecular complexity index is 2150. The van der Waals surface area contributed by atoms with Crippen molar-refractivity contribution in [3.05, 3.63) is 112 Å². The van der Waals surface area contributed by atoms with Crippen LogP contribution < -0.4 is 10.6 Å². The minimum atomic E-state index is -3.43. The van der Waals surface area contributed by atoms with Gasteiger partial charge in [0.2, 0.25) is 5.91 Å². The number of fused-ring (bicyclic) bond motifs is 5. The van der Waals surface area contributed by atoms with Crippen molar-refractivity contribution in [2.45, 2.75) is 50.2 Å². The molecule has 1 unspecified atom stereocenters. The zero-order valence-electron chi connectivity index (χ0n) is 24.8. The van der Waals surface area contributed by atoms with E-state index in [-0.39, 0.29) is 41.3 Å². The predicted molar refractivity (Wildman–Crippen MR) is 159 cm³/mol. The van der Waals surface area contributed by atoms with Crippen molar-refractivity contribution in [3.8, 4) is 11.3 Å². The number of nitrogens with zero attached hydrogens (tertiary/aromatic N) is 4. The lowest BCUT2D eigenvalue weighted by molar-refractivity contribution is -0.123. The van der Waals surface area contributed by atoms with E-state index >= 15 is 8.78 Å². The normalized spacial score (nSPS) is 19.2. The molecule has 8 nitrogen and oxygen atoms in total. The van der Waals surface area contributed by atoms with Crippen LogP contribution in [-0.4, -0.2) is 31.6 Å². The highest BCUT2D eigenvalue weighted by molar-refractivity contribution is 5.99. The molecule has 14 heteroatoms. The Kier molecular flexibility index (Phi) is 6.83. The van der Waals surface area contributed by atoms with Crippen molar-refractivity contribution in [2.24, 2.45) is 5.92 Å². The molecule has 8 rings (SSSR count). The molecular weight excluding hydrogens is 638 g/mol. The van der Waals surface area contributed by atoms with Gasteiger partial charge in [0.1, 0.15) is 29.6 Å². The smallest absolute Gasteiger partial charge is 0.293 e. The Morgan fingerprint density at radius 1 is 1.00 bits per heavy atom. The first-order valence-corrected chi connectivity index (χ1v) is 15.2. The third-order valence-electron chi connectivity index (χ3n) is 9.15. The van der Waals surface area contributed by atoms with Crippen LogP contribution in [-0.2, 0) is 30.2 Å². The third kappa shape index (κ3) is 4.97. The summed E-state index contributed by atoms with van der Waals surface area (Å²) in [6.45, 7) is -0.479. The molecular formula is C34H24F6N6O2. The van der Waals surface area contributed by atoms with E-state index in [1.165, 1.54) is 0 Å². The number of amides is 2. The number of rotatable bonds is 8. The topological polar surface area (TPSA) is 102 Å². The van der Waals surface area contributed by atoms with E-state index in [9.17, 15) is 27.2 Å². The van der Waals surface area contributed by atoms with Crippen LogP contribution in [0.4, 0.5) is 26.3 Å². The molecule has 3 aliphatic rings. The number of hydrogen-bond donors (Lipinski definition) is 2. The Hall–Kier alpha value is -5.27. The molecule has 0 saturated heterocycles. The number of carbonyl (C=O) groups excluding carboxylic acids is 2. The molecule has 0 spiro atoms. The lowest BCUT2D eigenvalue weighted by Crippen LogP contribution is -2.35. The molecule has 3 aromatic carbocycles. The van der Waals surface area contributed by atoms with E-state index in [1.807, 2.05) is 0 Å². The number of nitrogens with one attached hydrogen (secondary N) is 2. The molecule has 0 radical (unpaired) electrons. The molecule has 2 aromatic heterocycles. The van der Waals surface area contributed by atoms with Crippen molar-refractivity contribution in [2.75, 3.05) is 0 Å². The molecule has 244 valence electrons. The van der Waals surface area contributed by atoms with E-state index in [1.54, 1.807) is 42.5 Å². The van der Waals surface area contributed by atoms with Gasteiger partial charge in [0, 0.05) is 35.2 Å². The second-order valence-corrected chi connectivity index (χ2v) is 12.3. The largest absolute Gasteiger partial charge is 0.348 e. The molecule has 2 aliphatic carbocycles. The van der Waals surface area contributed by atoms with Crippen LogP contribution in [0.25, 0.3) is 22.3 Å². The first kappa shape index (κ1) is 30.1. The van der Waals surface area contributed by atoms with Crippen molar-refractivity contribution >= 4 is 22.8 Å². The summed E-state index contributed by atoms with van der Waals surface area (Å²) < 4.78 is 87.4. The Morgan fingerprint density at radius 2 is 1.73 bits per heavy atom. The van der Waals surface area contributed by atoms with Gasteiger partial charge >= 0.3 is 0 Å². The third-order valence-corrected chi connectivity index (χ3v) is 9.15. The first-order valence-electron chi connectivity index (χ1n) is 15.2. The van der Waals surface area contributed by atoms with Gasteiger partial charge in [-0.1, -0.05) is 24.3 Å². The van der Waals surface area contributed by atoms with Crippen molar-refractivity contribution in [3.63, 3.8) is 0 Å². The summed E-state index contributed by atoms with van der Waals surface area (Å²) in [5.41, 5.74) is 1.45. The van der Waals surface area contributed by atoms with Gasteiger partial charge in [-0.25, -0.2) is 27.5 Å². The fourth-order valence-electron chi connectivity index (χ4n) is 6.96. The average Bonchev–Trinajstić information content (AvgIpc) is 3.55. The van der Waals surface area contributed by atoms with Crippen molar-refractivity contribution in [1.29, 1.82) is 0 Å². The maximum absolute atomic E-state index is 15.2.